The smallest absolute Gasteiger partial charge is 0.313 e. The van der Waals surface area contributed by atoms with Gasteiger partial charge in [0, 0.05) is 26.2 Å². The highest BCUT2D eigenvalue weighted by molar-refractivity contribution is 5.93. The summed E-state index contributed by atoms with van der Waals surface area (Å²) in [6.45, 7) is 1.40. The van der Waals surface area contributed by atoms with Crippen molar-refractivity contribution in [2.75, 3.05) is 0 Å². The first-order valence-electron chi connectivity index (χ1n) is 5.67. The first-order chi connectivity index (χ1) is 8.99. The molecule has 0 unspecified atom stereocenters. The zero-order chi connectivity index (χ0) is 14.0. The van der Waals surface area contributed by atoms with Gasteiger partial charge in [-0.25, -0.2) is 9.78 Å². The molecule has 0 amide bonds. The maximum atomic E-state index is 11.9. The molecule has 2 heterocycles. The third-order valence-corrected chi connectivity index (χ3v) is 2.65. The number of aromatic amines is 1. The third-order valence-electron chi connectivity index (χ3n) is 2.65. The Balaban J connectivity index is 2.30. The van der Waals surface area contributed by atoms with Crippen LogP contribution in [0.5, 0.6) is 0 Å². The van der Waals surface area contributed by atoms with Gasteiger partial charge in [0.15, 0.2) is 11.6 Å². The number of H-pyrrole nitrogens is 1. The largest absolute Gasteiger partial charge is 0.328 e. The highest BCUT2D eigenvalue weighted by Crippen LogP contribution is 1.93. The molecule has 19 heavy (non-hydrogen) atoms. The summed E-state index contributed by atoms with van der Waals surface area (Å²) in [5.41, 5.74) is -1.17. The lowest BCUT2D eigenvalue weighted by atomic mass is 10.2. The van der Waals surface area contributed by atoms with Gasteiger partial charge in [0.1, 0.15) is 6.33 Å². The summed E-state index contributed by atoms with van der Waals surface area (Å²) in [5.74, 6) is 0.146. The fraction of sp³-hybridized carbons (Fsp3) is 0.364. The monoisotopic (exact) mass is 263 g/mol. The summed E-state index contributed by atoms with van der Waals surface area (Å²) < 4.78 is 2.52. The topological polar surface area (TPSA) is 103 Å². The summed E-state index contributed by atoms with van der Waals surface area (Å²) in [7, 11) is 1.73. The number of hydrogen-bond acceptors (Lipinski definition) is 5. The number of rotatable bonds is 4. The van der Waals surface area contributed by atoms with E-state index in [-0.39, 0.29) is 17.9 Å². The SMILES string of the molecule is CC(=O)c1c[nH]c(=O)n(CCc2ncn(C)n2)c1=O. The lowest BCUT2D eigenvalue weighted by Crippen LogP contribution is -2.38. The van der Waals surface area contributed by atoms with E-state index in [1.54, 1.807) is 7.05 Å². The quantitative estimate of drug-likeness (QED) is 0.721. The van der Waals surface area contributed by atoms with Gasteiger partial charge in [-0.15, -0.1) is 0 Å². The lowest BCUT2D eigenvalue weighted by molar-refractivity contribution is 0.101. The highest BCUT2D eigenvalue weighted by Gasteiger charge is 2.11. The fourth-order valence-corrected chi connectivity index (χ4v) is 1.68. The van der Waals surface area contributed by atoms with Crippen LogP contribution in [0.1, 0.15) is 23.1 Å². The molecule has 8 heteroatoms. The molecule has 0 saturated carbocycles. The Bertz CT molecular complexity index is 724. The van der Waals surface area contributed by atoms with E-state index in [0.29, 0.717) is 12.2 Å². The summed E-state index contributed by atoms with van der Waals surface area (Å²) in [6, 6.07) is 0. The minimum atomic E-state index is -0.591. The highest BCUT2D eigenvalue weighted by atomic mass is 16.2. The maximum Gasteiger partial charge on any atom is 0.328 e. The van der Waals surface area contributed by atoms with Gasteiger partial charge in [0.25, 0.3) is 5.56 Å². The summed E-state index contributed by atoms with van der Waals surface area (Å²) in [6.07, 6.45) is 3.02. The van der Waals surface area contributed by atoms with Crippen LogP contribution in [0.25, 0.3) is 0 Å². The summed E-state index contributed by atoms with van der Waals surface area (Å²) in [4.78, 5) is 41.1. The van der Waals surface area contributed by atoms with Crippen LogP contribution < -0.4 is 11.2 Å². The molecule has 0 atom stereocenters. The van der Waals surface area contributed by atoms with Gasteiger partial charge in [-0.05, 0) is 6.92 Å². The molecule has 8 nitrogen and oxygen atoms in total. The molecule has 2 aromatic heterocycles. The van der Waals surface area contributed by atoms with Gasteiger partial charge in [-0.1, -0.05) is 0 Å². The molecule has 100 valence electrons. The fourth-order valence-electron chi connectivity index (χ4n) is 1.68. The maximum absolute atomic E-state index is 11.9. The average Bonchev–Trinajstić information content (AvgIpc) is 2.74. The minimum Gasteiger partial charge on any atom is -0.313 e. The number of Topliss-reactive ketones (excluding diaryl/α,β-unsaturated/α-hetero) is 1. The van der Waals surface area contributed by atoms with Gasteiger partial charge >= 0.3 is 5.69 Å². The van der Waals surface area contributed by atoms with E-state index in [0.717, 1.165) is 10.8 Å². The molecule has 0 aliphatic heterocycles. The second kappa shape index (κ2) is 5.01. The third kappa shape index (κ3) is 2.67. The number of carbonyl (C=O) groups excluding carboxylic acids is 1. The Morgan fingerprint density at radius 3 is 2.74 bits per heavy atom. The molecule has 0 saturated heterocycles. The molecule has 0 radical (unpaired) electrons. The van der Waals surface area contributed by atoms with E-state index in [1.165, 1.54) is 17.9 Å². The Hall–Kier alpha value is -2.51. The Labute approximate surface area is 107 Å². The molecule has 2 aromatic rings. The number of aryl methyl sites for hydroxylation is 2. The minimum absolute atomic E-state index is 0.0337. The molecule has 0 aromatic carbocycles. The average molecular weight is 263 g/mol. The molecular formula is C11H13N5O3. The van der Waals surface area contributed by atoms with E-state index < -0.39 is 11.2 Å². The van der Waals surface area contributed by atoms with Crippen molar-refractivity contribution in [3.8, 4) is 0 Å². The number of nitrogens with zero attached hydrogens (tertiary/aromatic N) is 4. The van der Waals surface area contributed by atoms with Crippen molar-refractivity contribution >= 4 is 5.78 Å². The van der Waals surface area contributed by atoms with Gasteiger partial charge in [-0.2, -0.15) is 5.10 Å². The van der Waals surface area contributed by atoms with Crippen molar-refractivity contribution in [2.45, 2.75) is 19.9 Å². The molecule has 2 rings (SSSR count). The Kier molecular flexibility index (Phi) is 3.41. The summed E-state index contributed by atoms with van der Waals surface area (Å²) in [5, 5.41) is 4.05. The Morgan fingerprint density at radius 1 is 1.42 bits per heavy atom. The number of nitrogens with one attached hydrogen (secondary N) is 1. The molecule has 0 spiro atoms. The number of ketones is 1. The first kappa shape index (κ1) is 12.9. The van der Waals surface area contributed by atoms with Gasteiger partial charge in [0.2, 0.25) is 0 Å². The van der Waals surface area contributed by atoms with Crippen molar-refractivity contribution in [3.05, 3.63) is 44.8 Å². The van der Waals surface area contributed by atoms with E-state index in [2.05, 4.69) is 15.1 Å². The van der Waals surface area contributed by atoms with Gasteiger partial charge in [0.05, 0.1) is 5.56 Å². The first-order valence-corrected chi connectivity index (χ1v) is 5.67. The number of carbonyl (C=O) groups is 1. The van der Waals surface area contributed by atoms with Crippen molar-refractivity contribution in [3.63, 3.8) is 0 Å². The summed E-state index contributed by atoms with van der Waals surface area (Å²) >= 11 is 0. The van der Waals surface area contributed by atoms with E-state index in [9.17, 15) is 14.4 Å². The van der Waals surface area contributed by atoms with E-state index >= 15 is 0 Å². The molecule has 1 N–H and O–H groups in total. The van der Waals surface area contributed by atoms with Gasteiger partial charge in [-0.3, -0.25) is 18.8 Å². The molecule has 0 fully saturated rings. The molecular weight excluding hydrogens is 250 g/mol. The van der Waals surface area contributed by atoms with Crippen molar-refractivity contribution in [2.24, 2.45) is 7.05 Å². The van der Waals surface area contributed by atoms with Gasteiger partial charge < -0.3 is 4.98 Å². The second-order valence-electron chi connectivity index (χ2n) is 4.10. The van der Waals surface area contributed by atoms with E-state index in [1.807, 2.05) is 0 Å². The molecule has 0 aliphatic carbocycles. The number of aromatic nitrogens is 5. The zero-order valence-corrected chi connectivity index (χ0v) is 10.6. The second-order valence-corrected chi connectivity index (χ2v) is 4.10. The van der Waals surface area contributed by atoms with Crippen LogP contribution in [0.4, 0.5) is 0 Å². The predicted octanol–water partition coefficient (Wildman–Crippen LogP) is -0.890. The van der Waals surface area contributed by atoms with Crippen LogP contribution in [0.3, 0.4) is 0 Å². The Morgan fingerprint density at radius 2 is 2.16 bits per heavy atom. The van der Waals surface area contributed by atoms with E-state index in [4.69, 9.17) is 0 Å². The van der Waals surface area contributed by atoms with Crippen molar-refractivity contribution in [1.29, 1.82) is 0 Å². The van der Waals surface area contributed by atoms with Crippen LogP contribution in [0.15, 0.2) is 22.1 Å². The van der Waals surface area contributed by atoms with Crippen LogP contribution in [-0.2, 0) is 20.0 Å². The zero-order valence-electron chi connectivity index (χ0n) is 10.6. The van der Waals surface area contributed by atoms with Crippen LogP contribution in [0.2, 0.25) is 0 Å². The molecule has 0 aliphatic rings. The lowest BCUT2D eigenvalue weighted by Gasteiger charge is -2.03. The van der Waals surface area contributed by atoms with Crippen LogP contribution in [-0.4, -0.2) is 30.1 Å². The normalized spacial score (nSPS) is 10.6. The standard InChI is InChI=1S/C11H13N5O3/c1-7(17)8-5-12-11(19)16(10(8)18)4-3-9-13-6-15(2)14-9/h5-6H,3-4H2,1-2H3,(H,12,19). The van der Waals surface area contributed by atoms with Crippen LogP contribution >= 0.6 is 0 Å². The molecule has 0 bridgehead atoms. The van der Waals surface area contributed by atoms with Crippen molar-refractivity contribution in [1.82, 2.24) is 24.3 Å². The number of hydrogen-bond donors (Lipinski definition) is 1. The van der Waals surface area contributed by atoms with Crippen LogP contribution in [0, 0.1) is 0 Å². The van der Waals surface area contributed by atoms with Crippen molar-refractivity contribution < 1.29 is 4.79 Å². The predicted molar refractivity (Wildman–Crippen MR) is 66.0 cm³/mol.